The van der Waals surface area contributed by atoms with E-state index in [2.05, 4.69) is 36.0 Å². The average Bonchev–Trinajstić information content (AvgIpc) is 2.90. The summed E-state index contributed by atoms with van der Waals surface area (Å²) in [5, 5.41) is 3.90. The van der Waals surface area contributed by atoms with Crippen LogP contribution in [0.4, 0.5) is 0 Å². The van der Waals surface area contributed by atoms with Crippen LogP contribution in [0.3, 0.4) is 0 Å². The highest BCUT2D eigenvalue weighted by Crippen LogP contribution is 2.21. The minimum absolute atomic E-state index is 0.0785. The van der Waals surface area contributed by atoms with E-state index in [4.69, 9.17) is 11.6 Å². The molecule has 3 rings (SSSR count). The molecule has 1 aromatic heterocycles. The SMILES string of the molecule is CC1CCCCN1CC(C)(C)NC(=O)CCc1nc2cc(Cl)ccc2n1C. The average molecular weight is 391 g/mol. The summed E-state index contributed by atoms with van der Waals surface area (Å²) in [6, 6.07) is 6.30. The molecule has 1 saturated heterocycles. The molecule has 1 aliphatic heterocycles. The highest BCUT2D eigenvalue weighted by molar-refractivity contribution is 6.31. The molecule has 2 heterocycles. The van der Waals surface area contributed by atoms with E-state index in [1.54, 1.807) is 0 Å². The number of carbonyl (C=O) groups is 1. The fraction of sp³-hybridized carbons (Fsp3) is 0.619. The summed E-state index contributed by atoms with van der Waals surface area (Å²) in [6.07, 6.45) is 4.87. The van der Waals surface area contributed by atoms with Crippen LogP contribution in [0.2, 0.25) is 5.02 Å². The molecule has 1 aromatic carbocycles. The molecule has 0 radical (unpaired) electrons. The van der Waals surface area contributed by atoms with E-state index in [9.17, 15) is 4.79 Å². The van der Waals surface area contributed by atoms with Crippen molar-refractivity contribution in [3.05, 3.63) is 29.0 Å². The van der Waals surface area contributed by atoms with E-state index < -0.39 is 0 Å². The van der Waals surface area contributed by atoms with Crippen molar-refractivity contribution in [3.63, 3.8) is 0 Å². The van der Waals surface area contributed by atoms with Gasteiger partial charge in [0, 0.05) is 43.0 Å². The van der Waals surface area contributed by atoms with Gasteiger partial charge in [0.05, 0.1) is 11.0 Å². The monoisotopic (exact) mass is 390 g/mol. The quantitative estimate of drug-likeness (QED) is 0.813. The lowest BCUT2D eigenvalue weighted by Gasteiger charge is -2.39. The molecule has 5 nitrogen and oxygen atoms in total. The third-order valence-electron chi connectivity index (χ3n) is 5.53. The molecule has 1 unspecified atom stereocenters. The van der Waals surface area contributed by atoms with Crippen molar-refractivity contribution in [2.24, 2.45) is 7.05 Å². The maximum atomic E-state index is 12.5. The molecule has 1 amide bonds. The van der Waals surface area contributed by atoms with Gasteiger partial charge >= 0.3 is 0 Å². The number of nitrogens with zero attached hydrogens (tertiary/aromatic N) is 3. The van der Waals surface area contributed by atoms with Crippen LogP contribution in [0.1, 0.15) is 52.3 Å². The Balaban J connectivity index is 1.56. The molecule has 0 aliphatic carbocycles. The molecule has 1 atom stereocenters. The van der Waals surface area contributed by atoms with E-state index >= 15 is 0 Å². The summed E-state index contributed by atoms with van der Waals surface area (Å²) in [6.45, 7) is 8.54. The Morgan fingerprint density at radius 3 is 2.89 bits per heavy atom. The molecule has 1 N–H and O–H groups in total. The maximum absolute atomic E-state index is 12.5. The van der Waals surface area contributed by atoms with Crippen molar-refractivity contribution in [1.82, 2.24) is 19.8 Å². The Morgan fingerprint density at radius 1 is 1.37 bits per heavy atom. The first-order chi connectivity index (χ1) is 12.7. The first-order valence-electron chi connectivity index (χ1n) is 9.91. The number of hydrogen-bond donors (Lipinski definition) is 1. The normalized spacial score (nSPS) is 18.8. The number of fused-ring (bicyclic) bond motifs is 1. The molecular formula is C21H31ClN4O. The minimum atomic E-state index is -0.234. The van der Waals surface area contributed by atoms with Crippen LogP contribution in [0.15, 0.2) is 18.2 Å². The molecule has 6 heteroatoms. The standard InChI is InChI=1S/C21H31ClN4O/c1-15-7-5-6-12-26(15)14-21(2,3)24-20(27)11-10-19-23-17-13-16(22)8-9-18(17)25(19)4/h8-9,13,15H,5-7,10-12,14H2,1-4H3,(H,24,27). The van der Waals surface area contributed by atoms with Gasteiger partial charge in [0.15, 0.2) is 0 Å². The van der Waals surface area contributed by atoms with Gasteiger partial charge in [0.2, 0.25) is 5.91 Å². The molecule has 27 heavy (non-hydrogen) atoms. The number of aryl methyl sites for hydroxylation is 2. The number of benzene rings is 1. The van der Waals surface area contributed by atoms with Gasteiger partial charge in [-0.05, 0) is 58.4 Å². The number of nitrogens with one attached hydrogen (secondary N) is 1. The first kappa shape index (κ1) is 20.2. The molecule has 0 saturated carbocycles. The van der Waals surface area contributed by atoms with E-state index in [-0.39, 0.29) is 11.4 Å². The van der Waals surface area contributed by atoms with Crippen LogP contribution in [-0.2, 0) is 18.3 Å². The summed E-state index contributed by atoms with van der Waals surface area (Å²) in [5.74, 6) is 0.986. The van der Waals surface area contributed by atoms with Crippen molar-refractivity contribution in [3.8, 4) is 0 Å². The topological polar surface area (TPSA) is 50.2 Å². The highest BCUT2D eigenvalue weighted by Gasteiger charge is 2.27. The number of piperidine rings is 1. The van der Waals surface area contributed by atoms with Crippen LogP contribution in [0.5, 0.6) is 0 Å². The number of hydrogen-bond acceptors (Lipinski definition) is 3. The number of likely N-dealkylation sites (tertiary alicyclic amines) is 1. The smallest absolute Gasteiger partial charge is 0.220 e. The third-order valence-corrected chi connectivity index (χ3v) is 5.76. The fourth-order valence-corrected chi connectivity index (χ4v) is 4.22. The lowest BCUT2D eigenvalue weighted by Crippen LogP contribution is -2.54. The zero-order valence-electron chi connectivity index (χ0n) is 16.9. The minimum Gasteiger partial charge on any atom is -0.350 e. The molecule has 0 spiro atoms. The van der Waals surface area contributed by atoms with Crippen molar-refractivity contribution in [2.75, 3.05) is 13.1 Å². The Hall–Kier alpha value is -1.59. The highest BCUT2D eigenvalue weighted by atomic mass is 35.5. The maximum Gasteiger partial charge on any atom is 0.220 e. The van der Waals surface area contributed by atoms with Gasteiger partial charge < -0.3 is 9.88 Å². The van der Waals surface area contributed by atoms with Gasteiger partial charge in [0.25, 0.3) is 0 Å². The van der Waals surface area contributed by atoms with Crippen molar-refractivity contribution in [1.29, 1.82) is 0 Å². The van der Waals surface area contributed by atoms with Crippen molar-refractivity contribution >= 4 is 28.5 Å². The zero-order chi connectivity index (χ0) is 19.6. The molecule has 0 bridgehead atoms. The molecular weight excluding hydrogens is 360 g/mol. The largest absolute Gasteiger partial charge is 0.350 e. The van der Waals surface area contributed by atoms with E-state index in [1.165, 1.54) is 19.3 Å². The van der Waals surface area contributed by atoms with Gasteiger partial charge in [-0.2, -0.15) is 0 Å². The summed E-state index contributed by atoms with van der Waals surface area (Å²) < 4.78 is 2.04. The fourth-order valence-electron chi connectivity index (χ4n) is 4.05. The van der Waals surface area contributed by atoms with Gasteiger partial charge in [-0.3, -0.25) is 9.69 Å². The summed E-state index contributed by atoms with van der Waals surface area (Å²) >= 11 is 6.05. The number of aromatic nitrogens is 2. The van der Waals surface area contributed by atoms with Gasteiger partial charge in [0.1, 0.15) is 5.82 Å². The van der Waals surface area contributed by atoms with E-state index in [1.807, 2.05) is 29.8 Å². The zero-order valence-corrected chi connectivity index (χ0v) is 17.6. The summed E-state index contributed by atoms with van der Waals surface area (Å²) in [7, 11) is 1.98. The third kappa shape index (κ3) is 5.02. The molecule has 2 aromatic rings. The van der Waals surface area contributed by atoms with E-state index in [0.29, 0.717) is 23.9 Å². The first-order valence-corrected chi connectivity index (χ1v) is 10.3. The van der Waals surface area contributed by atoms with Crippen molar-refractivity contribution in [2.45, 2.75) is 64.5 Å². The Kier molecular flexibility index (Phi) is 6.11. The molecule has 1 fully saturated rings. The molecule has 1 aliphatic rings. The van der Waals surface area contributed by atoms with Crippen LogP contribution in [0, 0.1) is 0 Å². The van der Waals surface area contributed by atoms with Crippen LogP contribution >= 0.6 is 11.6 Å². The predicted molar refractivity (Wildman–Crippen MR) is 111 cm³/mol. The number of rotatable bonds is 6. The van der Waals surface area contributed by atoms with E-state index in [0.717, 1.165) is 29.9 Å². The van der Waals surface area contributed by atoms with Crippen LogP contribution in [0.25, 0.3) is 11.0 Å². The lowest BCUT2D eigenvalue weighted by molar-refractivity contribution is -0.123. The molecule has 148 valence electrons. The van der Waals surface area contributed by atoms with Gasteiger partial charge in [-0.15, -0.1) is 0 Å². The van der Waals surface area contributed by atoms with Crippen LogP contribution in [-0.4, -0.2) is 45.0 Å². The predicted octanol–water partition coefficient (Wildman–Crippen LogP) is 3.93. The van der Waals surface area contributed by atoms with Gasteiger partial charge in [-0.25, -0.2) is 4.98 Å². The lowest BCUT2D eigenvalue weighted by atomic mass is 9.98. The van der Waals surface area contributed by atoms with Crippen LogP contribution < -0.4 is 5.32 Å². The van der Waals surface area contributed by atoms with Gasteiger partial charge in [-0.1, -0.05) is 18.0 Å². The number of halogens is 1. The van der Waals surface area contributed by atoms with Crippen molar-refractivity contribution < 1.29 is 4.79 Å². The summed E-state index contributed by atoms with van der Waals surface area (Å²) in [5.41, 5.74) is 1.68. The number of amides is 1. The Labute approximate surface area is 167 Å². The number of imidazole rings is 1. The number of carbonyl (C=O) groups excluding carboxylic acids is 1. The Bertz CT molecular complexity index is 814. The second kappa shape index (κ2) is 8.19. The second-order valence-electron chi connectivity index (χ2n) is 8.47. The second-order valence-corrected chi connectivity index (χ2v) is 8.90. The Morgan fingerprint density at radius 2 is 2.15 bits per heavy atom. The summed E-state index contributed by atoms with van der Waals surface area (Å²) in [4.78, 5) is 19.7.